The molecule has 4 heteroatoms. The minimum atomic E-state index is 0.0262. The van der Waals surface area contributed by atoms with E-state index in [-0.39, 0.29) is 5.66 Å². The lowest BCUT2D eigenvalue weighted by Gasteiger charge is -2.30. The molecule has 1 N–H and O–H groups in total. The van der Waals surface area contributed by atoms with E-state index < -0.39 is 0 Å². The summed E-state index contributed by atoms with van der Waals surface area (Å²) >= 11 is 0. The van der Waals surface area contributed by atoms with Gasteiger partial charge in [-0.15, -0.1) is 0 Å². The molecule has 0 bridgehead atoms. The molecular formula is C9H15N3O. The molecule has 2 atom stereocenters. The highest BCUT2D eigenvalue weighted by Crippen LogP contribution is 2.50. The summed E-state index contributed by atoms with van der Waals surface area (Å²) in [5.74, 6) is 0.604. The molecule has 0 radical (unpaired) electrons. The van der Waals surface area contributed by atoms with Crippen molar-refractivity contribution in [3.05, 3.63) is 0 Å². The molecule has 0 aromatic carbocycles. The summed E-state index contributed by atoms with van der Waals surface area (Å²) in [5, 5.41) is 12.0. The number of ether oxygens (including phenoxy) is 1. The van der Waals surface area contributed by atoms with Crippen molar-refractivity contribution in [3.8, 4) is 0 Å². The van der Waals surface area contributed by atoms with Gasteiger partial charge in [-0.05, 0) is 19.3 Å². The van der Waals surface area contributed by atoms with Crippen LogP contribution in [0.2, 0.25) is 0 Å². The number of morpholine rings is 1. The molecule has 72 valence electrons. The molecule has 1 saturated heterocycles. The van der Waals surface area contributed by atoms with Crippen molar-refractivity contribution >= 4 is 0 Å². The summed E-state index contributed by atoms with van der Waals surface area (Å²) in [7, 11) is 0. The Hall–Kier alpha value is -0.480. The van der Waals surface area contributed by atoms with Gasteiger partial charge in [-0.25, -0.2) is 0 Å². The molecule has 1 spiro atoms. The van der Waals surface area contributed by atoms with Crippen LogP contribution < -0.4 is 5.32 Å². The maximum Gasteiger partial charge on any atom is 0.195 e. The Morgan fingerprint density at radius 1 is 1.38 bits per heavy atom. The maximum atomic E-state index is 5.47. The van der Waals surface area contributed by atoms with Crippen LogP contribution in [-0.2, 0) is 4.74 Å². The van der Waals surface area contributed by atoms with Crippen LogP contribution in [-0.4, -0.2) is 31.5 Å². The van der Waals surface area contributed by atoms with E-state index >= 15 is 0 Å². The summed E-state index contributed by atoms with van der Waals surface area (Å²) < 4.78 is 5.47. The quantitative estimate of drug-likeness (QED) is 0.654. The monoisotopic (exact) mass is 181 g/mol. The van der Waals surface area contributed by atoms with Gasteiger partial charge in [0, 0.05) is 18.5 Å². The molecule has 0 aromatic rings. The third-order valence-electron chi connectivity index (χ3n) is 3.45. The topological polar surface area (TPSA) is 46.0 Å². The van der Waals surface area contributed by atoms with Crippen LogP contribution in [0.3, 0.4) is 0 Å². The first kappa shape index (κ1) is 7.88. The van der Waals surface area contributed by atoms with E-state index in [1.165, 1.54) is 12.8 Å². The fourth-order valence-electron chi connectivity index (χ4n) is 2.68. The Bertz CT molecular complexity index is 229. The molecule has 0 aromatic heterocycles. The Labute approximate surface area is 77.8 Å². The average molecular weight is 181 g/mol. The molecule has 2 heterocycles. The minimum Gasteiger partial charge on any atom is -0.379 e. The van der Waals surface area contributed by atoms with Gasteiger partial charge < -0.3 is 10.1 Å². The Kier molecular flexibility index (Phi) is 1.67. The second-order valence-corrected chi connectivity index (χ2v) is 4.21. The van der Waals surface area contributed by atoms with Crippen molar-refractivity contribution < 1.29 is 4.74 Å². The Balaban J connectivity index is 1.69. The first-order valence-electron chi connectivity index (χ1n) is 5.16. The van der Waals surface area contributed by atoms with Crippen LogP contribution in [0.25, 0.3) is 0 Å². The van der Waals surface area contributed by atoms with Gasteiger partial charge in [0.25, 0.3) is 0 Å². The first-order valence-corrected chi connectivity index (χ1v) is 5.16. The van der Waals surface area contributed by atoms with Crippen LogP contribution in [0.15, 0.2) is 10.2 Å². The summed E-state index contributed by atoms with van der Waals surface area (Å²) in [5.41, 5.74) is 0.0262. The number of nitrogens with one attached hydrogen (secondary N) is 1. The van der Waals surface area contributed by atoms with Gasteiger partial charge >= 0.3 is 0 Å². The predicted octanol–water partition coefficient (Wildman–Crippen LogP) is 0.937. The normalized spacial score (nSPS) is 41.2. The highest BCUT2D eigenvalue weighted by atomic mass is 16.5. The van der Waals surface area contributed by atoms with Gasteiger partial charge in [0.05, 0.1) is 13.2 Å². The van der Waals surface area contributed by atoms with Gasteiger partial charge in [0.15, 0.2) is 5.66 Å². The average Bonchev–Trinajstić information content (AvgIpc) is 2.80. The van der Waals surface area contributed by atoms with Gasteiger partial charge in [0.1, 0.15) is 0 Å². The SMILES string of the molecule is C1CC(C2COCCN2)C2(C1)N=N2. The molecule has 2 unspecified atom stereocenters. The second-order valence-electron chi connectivity index (χ2n) is 4.21. The molecule has 0 amide bonds. The Morgan fingerprint density at radius 3 is 3.00 bits per heavy atom. The van der Waals surface area contributed by atoms with Crippen LogP contribution in [0, 0.1) is 5.92 Å². The van der Waals surface area contributed by atoms with Crippen LogP contribution >= 0.6 is 0 Å². The molecule has 3 rings (SSSR count). The molecule has 2 fully saturated rings. The maximum absolute atomic E-state index is 5.47. The zero-order valence-electron chi connectivity index (χ0n) is 7.70. The molecule has 4 nitrogen and oxygen atoms in total. The molecule has 13 heavy (non-hydrogen) atoms. The zero-order valence-corrected chi connectivity index (χ0v) is 7.70. The number of rotatable bonds is 1. The molecule has 1 saturated carbocycles. The van der Waals surface area contributed by atoms with E-state index in [9.17, 15) is 0 Å². The third kappa shape index (κ3) is 1.20. The van der Waals surface area contributed by atoms with Crippen LogP contribution in [0.5, 0.6) is 0 Å². The zero-order chi connectivity index (χ0) is 8.73. The van der Waals surface area contributed by atoms with Crippen LogP contribution in [0.1, 0.15) is 19.3 Å². The smallest absolute Gasteiger partial charge is 0.195 e. The highest BCUT2D eigenvalue weighted by Gasteiger charge is 2.54. The van der Waals surface area contributed by atoms with E-state index in [0.29, 0.717) is 12.0 Å². The van der Waals surface area contributed by atoms with Crippen molar-refractivity contribution in [1.82, 2.24) is 5.32 Å². The summed E-state index contributed by atoms with van der Waals surface area (Å²) in [6.07, 6.45) is 3.69. The predicted molar refractivity (Wildman–Crippen MR) is 47.5 cm³/mol. The number of hydrogen-bond donors (Lipinski definition) is 1. The molecule has 2 aliphatic heterocycles. The summed E-state index contributed by atoms with van der Waals surface area (Å²) in [6, 6.07) is 0.492. The second kappa shape index (κ2) is 2.75. The lowest BCUT2D eigenvalue weighted by atomic mass is 9.91. The molecule has 1 aliphatic carbocycles. The molecule has 3 aliphatic rings. The summed E-state index contributed by atoms with van der Waals surface area (Å²) in [6.45, 7) is 2.68. The van der Waals surface area contributed by atoms with Crippen LogP contribution in [0.4, 0.5) is 0 Å². The van der Waals surface area contributed by atoms with E-state index in [1.54, 1.807) is 0 Å². The van der Waals surface area contributed by atoms with Crippen molar-refractivity contribution in [1.29, 1.82) is 0 Å². The van der Waals surface area contributed by atoms with E-state index in [4.69, 9.17) is 4.74 Å². The van der Waals surface area contributed by atoms with Crippen molar-refractivity contribution in [2.24, 2.45) is 16.1 Å². The van der Waals surface area contributed by atoms with Crippen molar-refractivity contribution in [2.75, 3.05) is 19.8 Å². The van der Waals surface area contributed by atoms with Crippen molar-refractivity contribution in [3.63, 3.8) is 0 Å². The van der Waals surface area contributed by atoms with Gasteiger partial charge in [-0.3, -0.25) is 0 Å². The lowest BCUT2D eigenvalue weighted by molar-refractivity contribution is 0.0516. The number of hydrogen-bond acceptors (Lipinski definition) is 4. The molecular weight excluding hydrogens is 166 g/mol. The third-order valence-corrected chi connectivity index (χ3v) is 3.45. The lowest BCUT2D eigenvalue weighted by Crippen LogP contribution is -2.49. The van der Waals surface area contributed by atoms with E-state index in [0.717, 1.165) is 26.2 Å². The van der Waals surface area contributed by atoms with Crippen molar-refractivity contribution in [2.45, 2.75) is 31.0 Å². The minimum absolute atomic E-state index is 0.0262. The van der Waals surface area contributed by atoms with Gasteiger partial charge in [-0.1, -0.05) is 0 Å². The van der Waals surface area contributed by atoms with E-state index in [2.05, 4.69) is 15.5 Å². The summed E-state index contributed by atoms with van der Waals surface area (Å²) in [4.78, 5) is 0. The largest absolute Gasteiger partial charge is 0.379 e. The first-order chi connectivity index (χ1) is 6.41. The van der Waals surface area contributed by atoms with E-state index in [1.807, 2.05) is 0 Å². The standard InChI is InChI=1S/C9H15N3O/c1-2-7(9(3-1)11-12-9)8-6-13-5-4-10-8/h7-8,10H,1-6H2. The van der Waals surface area contributed by atoms with Gasteiger partial charge in [-0.2, -0.15) is 10.2 Å². The fourth-order valence-corrected chi connectivity index (χ4v) is 2.68. The number of nitrogens with zero attached hydrogens (tertiary/aromatic N) is 2. The Morgan fingerprint density at radius 2 is 2.31 bits per heavy atom. The fraction of sp³-hybridized carbons (Fsp3) is 1.00. The highest BCUT2D eigenvalue weighted by molar-refractivity contribution is 5.07. The van der Waals surface area contributed by atoms with Gasteiger partial charge in [0.2, 0.25) is 0 Å².